The van der Waals surface area contributed by atoms with E-state index in [1.807, 2.05) is 11.0 Å². The van der Waals surface area contributed by atoms with Gasteiger partial charge in [-0.25, -0.2) is 0 Å². The zero-order chi connectivity index (χ0) is 21.3. The average Bonchev–Trinajstić information content (AvgIpc) is 3.39. The second-order valence-corrected chi connectivity index (χ2v) is 7.75. The summed E-state index contributed by atoms with van der Waals surface area (Å²) in [5.74, 6) is 2.23. The van der Waals surface area contributed by atoms with Crippen LogP contribution in [0.4, 0.5) is 0 Å². The van der Waals surface area contributed by atoms with Crippen molar-refractivity contribution in [3.63, 3.8) is 0 Å². The maximum Gasteiger partial charge on any atom is 0.222 e. The summed E-state index contributed by atoms with van der Waals surface area (Å²) in [6, 6.07) is 10.4. The Kier molecular flexibility index (Phi) is 10.3. The number of amides is 1. The van der Waals surface area contributed by atoms with Crippen LogP contribution in [0.5, 0.6) is 0 Å². The number of aromatic nitrogens is 1. The SMILES string of the molecule is CCC(CC)c1cc(CNC(=NC)NCc2ccc(CN3CCCC3=O)cc2)on1.I. The molecule has 1 aliphatic heterocycles. The van der Waals surface area contributed by atoms with Crippen molar-refractivity contribution in [1.82, 2.24) is 20.7 Å². The highest BCUT2D eigenvalue weighted by molar-refractivity contribution is 14.0. The van der Waals surface area contributed by atoms with E-state index in [4.69, 9.17) is 4.52 Å². The number of nitrogens with one attached hydrogen (secondary N) is 2. The molecule has 7 nitrogen and oxygen atoms in total. The number of carbonyl (C=O) groups excluding carboxylic acids is 1. The number of guanidine groups is 1. The quantitative estimate of drug-likeness (QED) is 0.284. The Morgan fingerprint density at radius 1 is 1.16 bits per heavy atom. The molecule has 2 aromatic rings. The van der Waals surface area contributed by atoms with Crippen LogP contribution in [0.25, 0.3) is 0 Å². The monoisotopic (exact) mass is 539 g/mol. The first kappa shape index (κ1) is 25.2. The summed E-state index contributed by atoms with van der Waals surface area (Å²) in [4.78, 5) is 18.0. The van der Waals surface area contributed by atoms with Crippen LogP contribution in [0.2, 0.25) is 0 Å². The predicted octanol–water partition coefficient (Wildman–Crippen LogP) is 4.18. The summed E-state index contributed by atoms with van der Waals surface area (Å²) in [5, 5.41) is 10.8. The highest BCUT2D eigenvalue weighted by Gasteiger charge is 2.19. The number of aliphatic imine (C=N–C) groups is 1. The molecule has 0 saturated carbocycles. The van der Waals surface area contributed by atoms with Crippen LogP contribution in [0, 0.1) is 0 Å². The van der Waals surface area contributed by atoms with Crippen molar-refractivity contribution in [1.29, 1.82) is 0 Å². The van der Waals surface area contributed by atoms with Gasteiger partial charge in [-0.1, -0.05) is 43.3 Å². The molecule has 0 atom stereocenters. The third-order valence-corrected chi connectivity index (χ3v) is 5.66. The van der Waals surface area contributed by atoms with Crippen molar-refractivity contribution in [2.75, 3.05) is 13.6 Å². The summed E-state index contributed by atoms with van der Waals surface area (Å²) in [6.07, 6.45) is 3.78. The third-order valence-electron chi connectivity index (χ3n) is 5.66. The fourth-order valence-corrected chi connectivity index (χ4v) is 3.74. The number of hydrogen-bond acceptors (Lipinski definition) is 4. The van der Waals surface area contributed by atoms with E-state index in [-0.39, 0.29) is 29.9 Å². The second-order valence-electron chi connectivity index (χ2n) is 7.75. The smallest absolute Gasteiger partial charge is 0.222 e. The largest absolute Gasteiger partial charge is 0.359 e. The van der Waals surface area contributed by atoms with Gasteiger partial charge in [0.05, 0.1) is 12.2 Å². The van der Waals surface area contributed by atoms with E-state index >= 15 is 0 Å². The molecule has 0 bridgehead atoms. The van der Waals surface area contributed by atoms with Crippen LogP contribution >= 0.6 is 24.0 Å². The number of nitrogens with zero attached hydrogens (tertiary/aromatic N) is 3. The Balaban J connectivity index is 0.00000341. The maximum absolute atomic E-state index is 11.8. The molecule has 8 heteroatoms. The van der Waals surface area contributed by atoms with E-state index in [2.05, 4.69) is 58.9 Å². The lowest BCUT2D eigenvalue weighted by atomic mass is 9.99. The lowest BCUT2D eigenvalue weighted by molar-refractivity contribution is -0.128. The standard InChI is InChI=1S/C23H33N5O2.HI/c1-4-19(5-2)21-13-20(30-27-21)15-26-23(24-3)25-14-17-8-10-18(11-9-17)16-28-12-6-7-22(28)29;/h8-11,13,19H,4-7,12,14-16H2,1-3H3,(H2,24,25,26);1H. The molecular formula is C23H34IN5O2. The van der Waals surface area contributed by atoms with E-state index in [0.29, 0.717) is 37.9 Å². The fourth-order valence-electron chi connectivity index (χ4n) is 3.74. The Bertz CT molecular complexity index is 846. The van der Waals surface area contributed by atoms with Gasteiger partial charge in [-0.05, 0) is 30.4 Å². The van der Waals surface area contributed by atoms with Crippen LogP contribution in [0.1, 0.15) is 68.0 Å². The Morgan fingerprint density at radius 3 is 2.45 bits per heavy atom. The van der Waals surface area contributed by atoms with Gasteiger partial charge in [0.25, 0.3) is 0 Å². The van der Waals surface area contributed by atoms with Crippen molar-refractivity contribution >= 4 is 35.8 Å². The van der Waals surface area contributed by atoms with Crippen LogP contribution in [0.3, 0.4) is 0 Å². The van der Waals surface area contributed by atoms with Gasteiger partial charge in [-0.3, -0.25) is 9.79 Å². The Labute approximate surface area is 202 Å². The number of hydrogen-bond donors (Lipinski definition) is 2. The van der Waals surface area contributed by atoms with Crippen molar-refractivity contribution in [2.45, 2.75) is 65.1 Å². The van der Waals surface area contributed by atoms with Crippen LogP contribution < -0.4 is 10.6 Å². The lowest BCUT2D eigenvalue weighted by Crippen LogP contribution is -2.36. The van der Waals surface area contributed by atoms with Crippen LogP contribution in [-0.4, -0.2) is 35.5 Å². The van der Waals surface area contributed by atoms with Gasteiger partial charge in [0.15, 0.2) is 11.7 Å². The van der Waals surface area contributed by atoms with E-state index in [9.17, 15) is 4.79 Å². The third kappa shape index (κ3) is 7.22. The number of benzene rings is 1. The minimum Gasteiger partial charge on any atom is -0.359 e. The molecule has 1 saturated heterocycles. The van der Waals surface area contributed by atoms with E-state index in [1.54, 1.807) is 7.05 Å². The molecule has 3 rings (SSSR count). The van der Waals surface area contributed by atoms with Gasteiger partial charge >= 0.3 is 0 Å². The van der Waals surface area contributed by atoms with Gasteiger partial charge in [-0.2, -0.15) is 0 Å². The molecule has 2 N–H and O–H groups in total. The number of rotatable bonds is 9. The van der Waals surface area contributed by atoms with Crippen molar-refractivity contribution < 1.29 is 9.32 Å². The first-order valence-corrected chi connectivity index (χ1v) is 10.9. The zero-order valence-corrected chi connectivity index (χ0v) is 21.0. The zero-order valence-electron chi connectivity index (χ0n) is 18.7. The molecule has 1 aromatic heterocycles. The molecule has 0 spiro atoms. The second kappa shape index (κ2) is 12.7. The predicted molar refractivity (Wildman–Crippen MR) is 133 cm³/mol. The molecule has 1 aromatic carbocycles. The number of carbonyl (C=O) groups is 1. The molecule has 0 aliphatic carbocycles. The summed E-state index contributed by atoms with van der Waals surface area (Å²) in [6.45, 7) is 7.11. The molecule has 170 valence electrons. The molecule has 0 unspecified atom stereocenters. The fraction of sp³-hybridized carbons (Fsp3) is 0.522. The highest BCUT2D eigenvalue weighted by atomic mass is 127. The maximum atomic E-state index is 11.8. The molecule has 31 heavy (non-hydrogen) atoms. The number of likely N-dealkylation sites (tertiary alicyclic amines) is 1. The minimum absolute atomic E-state index is 0. The van der Waals surface area contributed by atoms with Gasteiger partial charge in [0.1, 0.15) is 0 Å². The van der Waals surface area contributed by atoms with Crippen molar-refractivity contribution in [3.8, 4) is 0 Å². The molecule has 2 heterocycles. The molecule has 1 amide bonds. The van der Waals surface area contributed by atoms with Gasteiger partial charge < -0.3 is 20.1 Å². The topological polar surface area (TPSA) is 82.8 Å². The van der Waals surface area contributed by atoms with Crippen molar-refractivity contribution in [2.24, 2.45) is 4.99 Å². The van der Waals surface area contributed by atoms with Gasteiger partial charge in [-0.15, -0.1) is 24.0 Å². The molecule has 0 radical (unpaired) electrons. The Hall–Kier alpha value is -2.10. The molecule has 1 aliphatic rings. The minimum atomic E-state index is 0. The van der Waals surface area contributed by atoms with E-state index in [0.717, 1.165) is 48.4 Å². The van der Waals surface area contributed by atoms with E-state index in [1.165, 1.54) is 0 Å². The van der Waals surface area contributed by atoms with E-state index < -0.39 is 0 Å². The summed E-state index contributed by atoms with van der Waals surface area (Å²) in [5.41, 5.74) is 3.34. The van der Waals surface area contributed by atoms with Crippen LogP contribution in [0.15, 0.2) is 39.8 Å². The van der Waals surface area contributed by atoms with Gasteiger partial charge in [0.2, 0.25) is 5.91 Å². The first-order chi connectivity index (χ1) is 14.6. The first-order valence-electron chi connectivity index (χ1n) is 10.9. The normalized spacial score (nSPS) is 14.1. The lowest BCUT2D eigenvalue weighted by Gasteiger charge is -2.16. The molecule has 1 fully saturated rings. The highest BCUT2D eigenvalue weighted by Crippen LogP contribution is 2.22. The summed E-state index contributed by atoms with van der Waals surface area (Å²) in [7, 11) is 1.75. The molecular weight excluding hydrogens is 505 g/mol. The van der Waals surface area contributed by atoms with Gasteiger partial charge in [0, 0.05) is 45.1 Å². The van der Waals surface area contributed by atoms with Crippen molar-refractivity contribution in [3.05, 3.63) is 52.9 Å². The Morgan fingerprint density at radius 2 is 1.84 bits per heavy atom. The average molecular weight is 539 g/mol. The number of halogens is 1. The summed E-state index contributed by atoms with van der Waals surface area (Å²) >= 11 is 0. The summed E-state index contributed by atoms with van der Waals surface area (Å²) < 4.78 is 5.46. The van der Waals surface area contributed by atoms with Crippen LogP contribution in [-0.2, 0) is 24.4 Å².